The molecule has 1 aromatic heterocycles. The molecule has 2 fully saturated rings. The second-order valence-electron chi connectivity index (χ2n) is 5.58. The summed E-state index contributed by atoms with van der Waals surface area (Å²) >= 11 is 6.03. The molecule has 2 aliphatic heterocycles. The van der Waals surface area contributed by atoms with Crippen LogP contribution in [0.4, 0.5) is 5.82 Å². The number of aryl methyl sites for hydroxylation is 1. The average Bonchev–Trinajstić information content (AvgIpc) is 2.88. The van der Waals surface area contributed by atoms with Gasteiger partial charge in [0, 0.05) is 25.2 Å². The van der Waals surface area contributed by atoms with Gasteiger partial charge in [0.2, 0.25) is 0 Å². The lowest BCUT2D eigenvalue weighted by Crippen LogP contribution is -2.41. The van der Waals surface area contributed by atoms with Crippen molar-refractivity contribution < 1.29 is 0 Å². The minimum atomic E-state index is 0.545. The summed E-state index contributed by atoms with van der Waals surface area (Å²) < 4.78 is 0. The molecule has 0 aliphatic carbocycles. The molecule has 2 aliphatic rings. The van der Waals surface area contributed by atoms with Gasteiger partial charge >= 0.3 is 0 Å². The number of rotatable bonds is 2. The van der Waals surface area contributed by atoms with E-state index in [0.717, 1.165) is 24.7 Å². The maximum absolute atomic E-state index is 6.03. The Bertz CT molecular complexity index is 425. The standard InChI is InChI=1S/C14H21ClN4/c1-11-16-13(15)9-14(17-11)19-8-5-12(10-19)18-6-3-2-4-7-18/h9,12H,2-8,10H2,1H3. The van der Waals surface area contributed by atoms with Crippen molar-refractivity contribution >= 4 is 17.4 Å². The number of aromatic nitrogens is 2. The van der Waals surface area contributed by atoms with Crippen molar-refractivity contribution in [3.8, 4) is 0 Å². The Balaban J connectivity index is 1.67. The Morgan fingerprint density at radius 1 is 1.16 bits per heavy atom. The van der Waals surface area contributed by atoms with Gasteiger partial charge in [0.15, 0.2) is 0 Å². The van der Waals surface area contributed by atoms with Crippen LogP contribution in [0.15, 0.2) is 6.07 Å². The Morgan fingerprint density at radius 2 is 1.95 bits per heavy atom. The van der Waals surface area contributed by atoms with Crippen molar-refractivity contribution in [1.82, 2.24) is 14.9 Å². The van der Waals surface area contributed by atoms with E-state index in [4.69, 9.17) is 11.6 Å². The third kappa shape index (κ3) is 3.00. The molecule has 0 aromatic carbocycles. The van der Waals surface area contributed by atoms with E-state index in [-0.39, 0.29) is 0 Å². The van der Waals surface area contributed by atoms with E-state index < -0.39 is 0 Å². The molecule has 104 valence electrons. The first-order valence-corrected chi connectivity index (χ1v) is 7.60. The molecule has 0 amide bonds. The van der Waals surface area contributed by atoms with Crippen molar-refractivity contribution in [2.75, 3.05) is 31.1 Å². The predicted octanol–water partition coefficient (Wildman–Crippen LogP) is 2.50. The van der Waals surface area contributed by atoms with Crippen LogP contribution >= 0.6 is 11.6 Å². The van der Waals surface area contributed by atoms with Gasteiger partial charge in [0.05, 0.1) is 0 Å². The maximum atomic E-state index is 6.03. The molecule has 0 spiro atoms. The molecule has 3 heterocycles. The zero-order valence-corrected chi connectivity index (χ0v) is 12.2. The number of halogens is 1. The highest BCUT2D eigenvalue weighted by atomic mass is 35.5. The molecule has 1 aromatic rings. The number of hydrogen-bond donors (Lipinski definition) is 0. The topological polar surface area (TPSA) is 32.3 Å². The first-order valence-electron chi connectivity index (χ1n) is 7.22. The summed E-state index contributed by atoms with van der Waals surface area (Å²) in [5, 5.41) is 0.545. The summed E-state index contributed by atoms with van der Waals surface area (Å²) in [6.45, 7) is 6.58. The van der Waals surface area contributed by atoms with Gasteiger partial charge in [-0.25, -0.2) is 9.97 Å². The number of likely N-dealkylation sites (tertiary alicyclic amines) is 1. The molecule has 19 heavy (non-hydrogen) atoms. The van der Waals surface area contributed by atoms with Crippen molar-refractivity contribution in [3.63, 3.8) is 0 Å². The molecule has 0 bridgehead atoms. The number of nitrogens with zero attached hydrogens (tertiary/aromatic N) is 4. The van der Waals surface area contributed by atoms with E-state index in [0.29, 0.717) is 11.2 Å². The van der Waals surface area contributed by atoms with E-state index in [2.05, 4.69) is 19.8 Å². The van der Waals surface area contributed by atoms with Crippen LogP contribution in [-0.4, -0.2) is 47.1 Å². The van der Waals surface area contributed by atoms with Gasteiger partial charge in [-0.1, -0.05) is 18.0 Å². The first kappa shape index (κ1) is 13.1. The van der Waals surface area contributed by atoms with Gasteiger partial charge in [-0.05, 0) is 39.3 Å². The average molecular weight is 281 g/mol. The quantitative estimate of drug-likeness (QED) is 0.779. The number of hydrogen-bond acceptors (Lipinski definition) is 4. The minimum absolute atomic E-state index is 0.545. The lowest BCUT2D eigenvalue weighted by molar-refractivity contribution is 0.175. The van der Waals surface area contributed by atoms with E-state index >= 15 is 0 Å². The maximum Gasteiger partial charge on any atom is 0.134 e. The summed E-state index contributed by atoms with van der Waals surface area (Å²) in [7, 11) is 0. The van der Waals surface area contributed by atoms with E-state index in [1.54, 1.807) is 0 Å². The lowest BCUT2D eigenvalue weighted by Gasteiger charge is -2.32. The fraction of sp³-hybridized carbons (Fsp3) is 0.714. The fourth-order valence-electron chi connectivity index (χ4n) is 3.21. The van der Waals surface area contributed by atoms with E-state index in [1.807, 2.05) is 13.0 Å². The third-order valence-corrected chi connectivity index (χ3v) is 4.38. The third-order valence-electron chi connectivity index (χ3n) is 4.19. The summed E-state index contributed by atoms with van der Waals surface area (Å²) in [5.74, 6) is 1.74. The Hall–Kier alpha value is -0.870. The smallest absolute Gasteiger partial charge is 0.134 e. The van der Waals surface area contributed by atoms with Crippen LogP contribution < -0.4 is 4.90 Å². The monoisotopic (exact) mass is 280 g/mol. The Labute approximate surface area is 119 Å². The van der Waals surface area contributed by atoms with E-state index in [9.17, 15) is 0 Å². The highest BCUT2D eigenvalue weighted by Crippen LogP contribution is 2.25. The molecule has 1 atom stereocenters. The van der Waals surface area contributed by atoms with Crippen LogP contribution in [0.1, 0.15) is 31.5 Å². The van der Waals surface area contributed by atoms with Gasteiger partial charge < -0.3 is 4.90 Å². The highest BCUT2D eigenvalue weighted by Gasteiger charge is 2.29. The largest absolute Gasteiger partial charge is 0.355 e. The van der Waals surface area contributed by atoms with Crippen LogP contribution in [0, 0.1) is 6.92 Å². The summed E-state index contributed by atoms with van der Waals surface area (Å²) in [6.07, 6.45) is 5.35. The Morgan fingerprint density at radius 3 is 2.68 bits per heavy atom. The van der Waals surface area contributed by atoms with Crippen LogP contribution in [-0.2, 0) is 0 Å². The predicted molar refractivity (Wildman–Crippen MR) is 77.8 cm³/mol. The van der Waals surface area contributed by atoms with Crippen LogP contribution in [0.2, 0.25) is 5.15 Å². The summed E-state index contributed by atoms with van der Waals surface area (Å²) in [6, 6.07) is 2.57. The van der Waals surface area contributed by atoms with Crippen LogP contribution in [0.5, 0.6) is 0 Å². The van der Waals surface area contributed by atoms with Crippen LogP contribution in [0.25, 0.3) is 0 Å². The number of piperidine rings is 1. The van der Waals surface area contributed by atoms with Gasteiger partial charge in [0.25, 0.3) is 0 Å². The molecule has 0 saturated carbocycles. The van der Waals surface area contributed by atoms with Crippen molar-refractivity contribution in [2.45, 2.75) is 38.6 Å². The minimum Gasteiger partial charge on any atom is -0.355 e. The Kier molecular flexibility index (Phi) is 3.89. The number of anilines is 1. The molecule has 0 radical (unpaired) electrons. The first-order chi connectivity index (χ1) is 9.22. The highest BCUT2D eigenvalue weighted by molar-refractivity contribution is 6.29. The van der Waals surface area contributed by atoms with Gasteiger partial charge in [-0.3, -0.25) is 4.90 Å². The van der Waals surface area contributed by atoms with Crippen molar-refractivity contribution in [2.24, 2.45) is 0 Å². The molecule has 1 unspecified atom stereocenters. The molecule has 5 heteroatoms. The molecular formula is C14H21ClN4. The molecule has 3 rings (SSSR count). The molecular weight excluding hydrogens is 260 g/mol. The molecule has 2 saturated heterocycles. The fourth-order valence-corrected chi connectivity index (χ4v) is 3.43. The van der Waals surface area contributed by atoms with Crippen molar-refractivity contribution in [3.05, 3.63) is 17.0 Å². The zero-order valence-electron chi connectivity index (χ0n) is 11.5. The normalized spacial score (nSPS) is 24.9. The lowest BCUT2D eigenvalue weighted by atomic mass is 10.1. The van der Waals surface area contributed by atoms with Gasteiger partial charge in [-0.15, -0.1) is 0 Å². The SMILES string of the molecule is Cc1nc(Cl)cc(N2CCC(N3CCCCC3)C2)n1. The second-order valence-corrected chi connectivity index (χ2v) is 5.97. The molecule has 0 N–H and O–H groups in total. The van der Waals surface area contributed by atoms with Gasteiger partial charge in [-0.2, -0.15) is 0 Å². The van der Waals surface area contributed by atoms with E-state index in [1.165, 1.54) is 38.8 Å². The van der Waals surface area contributed by atoms with Crippen molar-refractivity contribution in [1.29, 1.82) is 0 Å². The van der Waals surface area contributed by atoms with Crippen LogP contribution in [0.3, 0.4) is 0 Å². The zero-order chi connectivity index (χ0) is 13.2. The molecule has 4 nitrogen and oxygen atoms in total. The second kappa shape index (κ2) is 5.63. The summed E-state index contributed by atoms with van der Waals surface area (Å²) in [5.41, 5.74) is 0. The van der Waals surface area contributed by atoms with Gasteiger partial charge in [0.1, 0.15) is 16.8 Å². The summed E-state index contributed by atoms with van der Waals surface area (Å²) in [4.78, 5) is 13.6.